The molecule has 0 amide bonds. The van der Waals surface area contributed by atoms with E-state index >= 15 is 0 Å². The lowest BCUT2D eigenvalue weighted by molar-refractivity contribution is -0.136. The van der Waals surface area contributed by atoms with Crippen LogP contribution in [0.25, 0.3) is 12.2 Å². The zero-order chi connectivity index (χ0) is 24.2. The molecule has 174 valence electrons. The van der Waals surface area contributed by atoms with Crippen molar-refractivity contribution in [2.45, 2.75) is 26.7 Å². The van der Waals surface area contributed by atoms with Gasteiger partial charge in [0.1, 0.15) is 18.1 Å². The first kappa shape index (κ1) is 28.7. The minimum atomic E-state index is -0.347. The molecule has 0 atom stereocenters. The van der Waals surface area contributed by atoms with E-state index in [9.17, 15) is 4.79 Å². The van der Waals surface area contributed by atoms with Crippen molar-refractivity contribution >= 4 is 18.1 Å². The number of ether oxygens (including phenoxy) is 3. The Hall–Kier alpha value is -3.31. The van der Waals surface area contributed by atoms with Gasteiger partial charge in [0.25, 0.3) is 0 Å². The molecular formula is C27H36O5. The maximum atomic E-state index is 10.2. The van der Waals surface area contributed by atoms with Crippen LogP contribution in [0.15, 0.2) is 73.8 Å². The highest BCUT2D eigenvalue weighted by Gasteiger charge is 1.95. The van der Waals surface area contributed by atoms with Crippen LogP contribution in [-0.4, -0.2) is 38.0 Å². The highest BCUT2D eigenvalue weighted by atomic mass is 16.5. The molecule has 0 radical (unpaired) electrons. The van der Waals surface area contributed by atoms with Gasteiger partial charge in [-0.05, 0) is 48.7 Å². The standard InChI is InChI=1S/C14H20O2.C8H8O.C5H8O2/c1-3-5-10-15-11-12-16-14-8-6-13(4-2)7-9-14;1-2-7-3-5-8(9)6-4-7;1-4(2)5(6)7-3/h4,6-9H,2-3,5,10-12H2,1H3;2-6,9H,1H2;1H2,2-3H3. The lowest BCUT2D eigenvalue weighted by Crippen LogP contribution is -2.07. The second-order valence-electron chi connectivity index (χ2n) is 6.66. The molecule has 2 rings (SSSR count). The second kappa shape index (κ2) is 18.5. The van der Waals surface area contributed by atoms with Gasteiger partial charge in [0.2, 0.25) is 0 Å². The van der Waals surface area contributed by atoms with Crippen LogP contribution in [0, 0.1) is 0 Å². The van der Waals surface area contributed by atoms with E-state index in [1.165, 1.54) is 13.5 Å². The highest BCUT2D eigenvalue weighted by Crippen LogP contribution is 2.12. The first-order chi connectivity index (χ1) is 15.4. The van der Waals surface area contributed by atoms with Gasteiger partial charge in [0, 0.05) is 12.2 Å². The molecule has 0 heterocycles. The topological polar surface area (TPSA) is 65.0 Å². The largest absolute Gasteiger partial charge is 0.508 e. The zero-order valence-corrected chi connectivity index (χ0v) is 19.5. The fourth-order valence-corrected chi connectivity index (χ4v) is 2.05. The molecule has 5 heteroatoms. The number of aromatic hydroxyl groups is 1. The van der Waals surface area contributed by atoms with Crippen molar-refractivity contribution in [3.63, 3.8) is 0 Å². The normalized spacial score (nSPS) is 9.22. The highest BCUT2D eigenvalue weighted by molar-refractivity contribution is 5.86. The molecule has 0 fully saturated rings. The van der Waals surface area contributed by atoms with Gasteiger partial charge in [0.05, 0.1) is 13.7 Å². The third-order valence-corrected chi connectivity index (χ3v) is 3.92. The van der Waals surface area contributed by atoms with E-state index in [4.69, 9.17) is 14.6 Å². The number of rotatable bonds is 10. The predicted molar refractivity (Wildman–Crippen MR) is 133 cm³/mol. The average Bonchev–Trinajstić information content (AvgIpc) is 2.82. The number of esters is 1. The molecule has 1 N–H and O–H groups in total. The summed E-state index contributed by atoms with van der Waals surface area (Å²) in [5.74, 6) is 0.824. The monoisotopic (exact) mass is 440 g/mol. The lowest BCUT2D eigenvalue weighted by Gasteiger charge is -2.06. The van der Waals surface area contributed by atoms with Crippen molar-refractivity contribution < 1.29 is 24.1 Å². The van der Waals surface area contributed by atoms with Gasteiger partial charge in [-0.2, -0.15) is 0 Å². The van der Waals surface area contributed by atoms with Crippen LogP contribution in [0.2, 0.25) is 0 Å². The Bertz CT molecular complexity index is 792. The van der Waals surface area contributed by atoms with Crippen LogP contribution in [0.4, 0.5) is 0 Å². The van der Waals surface area contributed by atoms with Gasteiger partial charge >= 0.3 is 5.97 Å². The summed E-state index contributed by atoms with van der Waals surface area (Å²) in [7, 11) is 1.33. The van der Waals surface area contributed by atoms with Crippen molar-refractivity contribution in [3.05, 3.63) is 85.0 Å². The summed E-state index contributed by atoms with van der Waals surface area (Å²) >= 11 is 0. The minimum absolute atomic E-state index is 0.292. The maximum absolute atomic E-state index is 10.2. The van der Waals surface area contributed by atoms with Crippen molar-refractivity contribution in [3.8, 4) is 11.5 Å². The van der Waals surface area contributed by atoms with E-state index in [0.29, 0.717) is 24.5 Å². The third kappa shape index (κ3) is 14.6. The van der Waals surface area contributed by atoms with E-state index in [-0.39, 0.29) is 5.97 Å². The maximum Gasteiger partial charge on any atom is 0.332 e. The van der Waals surface area contributed by atoms with Gasteiger partial charge in [-0.25, -0.2) is 4.79 Å². The molecule has 2 aromatic carbocycles. The average molecular weight is 441 g/mol. The molecule has 0 aliphatic carbocycles. The molecule has 2 aromatic rings. The van der Waals surface area contributed by atoms with E-state index in [1.807, 2.05) is 42.5 Å². The number of hydrogen-bond donors (Lipinski definition) is 1. The van der Waals surface area contributed by atoms with Crippen LogP contribution < -0.4 is 4.74 Å². The number of methoxy groups -OCH3 is 1. The molecule has 5 nitrogen and oxygen atoms in total. The summed E-state index contributed by atoms with van der Waals surface area (Å²) in [6.07, 6.45) is 5.84. The number of unbranched alkanes of at least 4 members (excludes halogenated alkanes) is 1. The molecule has 0 unspecified atom stereocenters. The molecule has 0 spiro atoms. The van der Waals surface area contributed by atoms with Gasteiger partial charge in [-0.3, -0.25) is 0 Å². The van der Waals surface area contributed by atoms with Crippen LogP contribution in [0.1, 0.15) is 37.8 Å². The lowest BCUT2D eigenvalue weighted by atomic mass is 10.2. The Morgan fingerprint density at radius 1 is 0.938 bits per heavy atom. The van der Waals surface area contributed by atoms with E-state index in [2.05, 4.69) is 31.4 Å². The number of phenols is 1. The van der Waals surface area contributed by atoms with Crippen LogP contribution in [0.3, 0.4) is 0 Å². The van der Waals surface area contributed by atoms with Crippen molar-refractivity contribution in [1.29, 1.82) is 0 Å². The second-order valence-corrected chi connectivity index (χ2v) is 6.66. The Kier molecular flexibility index (Phi) is 16.5. The molecule has 0 aliphatic heterocycles. The van der Waals surface area contributed by atoms with Crippen LogP contribution in [-0.2, 0) is 14.3 Å². The summed E-state index contributed by atoms with van der Waals surface area (Å²) < 4.78 is 15.2. The summed E-state index contributed by atoms with van der Waals surface area (Å²) in [6.45, 7) is 16.5. The molecule has 0 aliphatic rings. The van der Waals surface area contributed by atoms with Crippen molar-refractivity contribution in [2.75, 3.05) is 26.9 Å². The fourth-order valence-electron chi connectivity index (χ4n) is 2.05. The minimum Gasteiger partial charge on any atom is -0.508 e. The van der Waals surface area contributed by atoms with Gasteiger partial charge < -0.3 is 19.3 Å². The van der Waals surface area contributed by atoms with Crippen LogP contribution in [0.5, 0.6) is 11.5 Å². The molecular weight excluding hydrogens is 404 g/mol. The Balaban J connectivity index is 0.000000506. The molecule has 0 bridgehead atoms. The summed E-state index contributed by atoms with van der Waals surface area (Å²) in [6, 6.07) is 14.8. The number of carbonyl (C=O) groups excluding carboxylic acids is 1. The van der Waals surface area contributed by atoms with Crippen molar-refractivity contribution in [1.82, 2.24) is 0 Å². The number of hydrogen-bond acceptors (Lipinski definition) is 5. The predicted octanol–water partition coefficient (Wildman–Crippen LogP) is 6.30. The molecule has 0 saturated carbocycles. The molecule has 0 aromatic heterocycles. The molecule has 32 heavy (non-hydrogen) atoms. The first-order valence-corrected chi connectivity index (χ1v) is 10.5. The van der Waals surface area contributed by atoms with E-state index < -0.39 is 0 Å². The Labute approximate surface area is 192 Å². The Morgan fingerprint density at radius 2 is 1.47 bits per heavy atom. The quantitative estimate of drug-likeness (QED) is 0.267. The summed E-state index contributed by atoms with van der Waals surface area (Å²) in [5.41, 5.74) is 2.56. The van der Waals surface area contributed by atoms with Crippen molar-refractivity contribution in [2.24, 2.45) is 0 Å². The number of benzene rings is 2. The van der Waals surface area contributed by atoms with E-state index in [0.717, 1.165) is 29.9 Å². The summed E-state index contributed by atoms with van der Waals surface area (Å²) in [5, 5.41) is 8.82. The number of phenolic OH excluding ortho intramolecular Hbond substituents is 1. The zero-order valence-electron chi connectivity index (χ0n) is 19.5. The Morgan fingerprint density at radius 3 is 1.88 bits per heavy atom. The first-order valence-electron chi connectivity index (χ1n) is 10.5. The van der Waals surface area contributed by atoms with Gasteiger partial charge in [-0.15, -0.1) is 0 Å². The smallest absolute Gasteiger partial charge is 0.332 e. The molecule has 0 saturated heterocycles. The number of carbonyl (C=O) groups is 1. The third-order valence-electron chi connectivity index (χ3n) is 3.92. The van der Waals surface area contributed by atoms with E-state index in [1.54, 1.807) is 25.1 Å². The van der Waals surface area contributed by atoms with Gasteiger partial charge in [0.15, 0.2) is 0 Å². The SMILES string of the molecule is C=C(C)C(=O)OC.C=Cc1ccc(O)cc1.C=Cc1ccc(OCCOCCCC)cc1. The fraction of sp³-hybridized carbons (Fsp3) is 0.296. The van der Waals surface area contributed by atoms with Gasteiger partial charge in [-0.1, -0.05) is 69.5 Å². The van der Waals surface area contributed by atoms with Crippen LogP contribution >= 0.6 is 0 Å². The summed E-state index contributed by atoms with van der Waals surface area (Å²) in [4.78, 5) is 10.2.